The Hall–Kier alpha value is -1.26. The Kier molecular flexibility index (Phi) is 3.39. The fraction of sp³-hybridized carbons (Fsp3) is 0.571. The monoisotopic (exact) mass is 248 g/mol. The molecule has 18 heavy (non-hydrogen) atoms. The molecule has 1 unspecified atom stereocenters. The number of morpholine rings is 1. The van der Waals surface area contributed by atoms with Gasteiger partial charge in [-0.1, -0.05) is 6.07 Å². The number of ether oxygens (including phenoxy) is 1. The van der Waals surface area contributed by atoms with Crippen LogP contribution in [0.25, 0.3) is 0 Å². The van der Waals surface area contributed by atoms with Gasteiger partial charge in [0.2, 0.25) is 0 Å². The van der Waals surface area contributed by atoms with Gasteiger partial charge in [-0.15, -0.1) is 0 Å². The summed E-state index contributed by atoms with van der Waals surface area (Å²) in [7, 11) is 0. The van der Waals surface area contributed by atoms with Gasteiger partial charge in [0.1, 0.15) is 0 Å². The predicted molar refractivity (Wildman–Crippen MR) is 72.3 cm³/mol. The number of anilines is 2. The minimum atomic E-state index is -0.169. The van der Waals surface area contributed by atoms with E-state index >= 15 is 0 Å². The summed E-state index contributed by atoms with van der Waals surface area (Å²) >= 11 is 0. The number of hydrogen-bond donors (Lipinski definition) is 1. The van der Waals surface area contributed by atoms with Crippen molar-refractivity contribution in [1.29, 1.82) is 0 Å². The van der Waals surface area contributed by atoms with Gasteiger partial charge >= 0.3 is 0 Å². The molecule has 0 radical (unpaired) electrons. The molecule has 98 valence electrons. The Bertz CT molecular complexity index is 385. The first-order valence-corrected chi connectivity index (χ1v) is 6.69. The zero-order valence-corrected chi connectivity index (χ0v) is 10.6. The summed E-state index contributed by atoms with van der Waals surface area (Å²) in [5.41, 5.74) is 2.48. The summed E-state index contributed by atoms with van der Waals surface area (Å²) in [5, 5.41) is 9.61. The number of hydrogen-bond acceptors (Lipinski definition) is 4. The van der Waals surface area contributed by atoms with Gasteiger partial charge in [0.25, 0.3) is 0 Å². The summed E-state index contributed by atoms with van der Waals surface area (Å²) in [6, 6.07) is 8.61. The molecule has 0 aliphatic carbocycles. The Morgan fingerprint density at radius 1 is 1.06 bits per heavy atom. The summed E-state index contributed by atoms with van der Waals surface area (Å²) < 4.78 is 5.38. The highest BCUT2D eigenvalue weighted by Gasteiger charge is 2.21. The van der Waals surface area contributed by atoms with Crippen LogP contribution in [0.5, 0.6) is 0 Å². The van der Waals surface area contributed by atoms with Crippen LogP contribution in [-0.2, 0) is 4.74 Å². The lowest BCUT2D eigenvalue weighted by Crippen LogP contribution is -2.36. The number of rotatable bonds is 2. The van der Waals surface area contributed by atoms with E-state index in [0.29, 0.717) is 0 Å². The van der Waals surface area contributed by atoms with Crippen LogP contribution in [0.15, 0.2) is 24.3 Å². The van der Waals surface area contributed by atoms with Gasteiger partial charge in [0.15, 0.2) is 0 Å². The highest BCUT2D eigenvalue weighted by Crippen LogP contribution is 2.26. The van der Waals surface area contributed by atoms with Crippen LogP contribution in [0.3, 0.4) is 0 Å². The third-order valence-electron chi connectivity index (χ3n) is 3.73. The molecule has 4 heteroatoms. The number of β-amino-alcohol motifs (C(OH)–C–C–N with tert-alkyl or cyclic N) is 1. The van der Waals surface area contributed by atoms with Crippen LogP contribution in [-0.4, -0.2) is 50.6 Å². The van der Waals surface area contributed by atoms with Crippen molar-refractivity contribution in [2.75, 3.05) is 49.2 Å². The van der Waals surface area contributed by atoms with Gasteiger partial charge in [-0.3, -0.25) is 0 Å². The summed E-state index contributed by atoms with van der Waals surface area (Å²) in [5.74, 6) is 0. The van der Waals surface area contributed by atoms with E-state index in [-0.39, 0.29) is 6.10 Å². The number of nitrogens with zero attached hydrogens (tertiary/aromatic N) is 2. The zero-order valence-electron chi connectivity index (χ0n) is 10.6. The number of benzene rings is 1. The van der Waals surface area contributed by atoms with E-state index in [2.05, 4.69) is 34.1 Å². The lowest BCUT2D eigenvalue weighted by Gasteiger charge is -2.30. The quantitative estimate of drug-likeness (QED) is 0.850. The molecule has 0 saturated carbocycles. The summed E-state index contributed by atoms with van der Waals surface area (Å²) in [4.78, 5) is 4.62. The largest absolute Gasteiger partial charge is 0.391 e. The fourth-order valence-corrected chi connectivity index (χ4v) is 2.68. The number of aliphatic hydroxyl groups excluding tert-OH is 1. The van der Waals surface area contributed by atoms with Gasteiger partial charge in [0.05, 0.1) is 19.3 Å². The summed E-state index contributed by atoms with van der Waals surface area (Å²) in [6.07, 6.45) is 0.707. The topological polar surface area (TPSA) is 35.9 Å². The van der Waals surface area contributed by atoms with E-state index in [4.69, 9.17) is 4.74 Å². The van der Waals surface area contributed by atoms with Crippen molar-refractivity contribution in [2.24, 2.45) is 0 Å². The molecule has 2 aliphatic rings. The minimum Gasteiger partial charge on any atom is -0.391 e. The molecule has 0 spiro atoms. The maximum Gasteiger partial charge on any atom is 0.0731 e. The molecule has 1 N–H and O–H groups in total. The van der Waals surface area contributed by atoms with Crippen molar-refractivity contribution >= 4 is 11.4 Å². The molecule has 1 aromatic carbocycles. The maximum absolute atomic E-state index is 9.61. The molecular formula is C14H20N2O2. The van der Waals surface area contributed by atoms with Crippen LogP contribution in [0, 0.1) is 0 Å². The third-order valence-corrected chi connectivity index (χ3v) is 3.73. The second-order valence-electron chi connectivity index (χ2n) is 5.01. The standard InChI is InChI=1S/C14H20N2O2/c17-14-4-5-16(11-14)13-3-1-2-12(10-13)15-6-8-18-9-7-15/h1-3,10,14,17H,4-9,11H2. The van der Waals surface area contributed by atoms with E-state index in [1.54, 1.807) is 0 Å². The van der Waals surface area contributed by atoms with Gasteiger partial charge in [-0.25, -0.2) is 0 Å². The first-order valence-electron chi connectivity index (χ1n) is 6.69. The number of aliphatic hydroxyl groups is 1. The SMILES string of the molecule is OC1CCN(c2cccc(N3CCOCC3)c2)C1. The highest BCUT2D eigenvalue weighted by molar-refractivity contribution is 5.60. The van der Waals surface area contributed by atoms with Gasteiger partial charge in [0, 0.05) is 37.6 Å². The van der Waals surface area contributed by atoms with E-state index < -0.39 is 0 Å². The van der Waals surface area contributed by atoms with Crippen LogP contribution in [0.2, 0.25) is 0 Å². The Morgan fingerprint density at radius 2 is 1.78 bits per heavy atom. The average molecular weight is 248 g/mol. The van der Waals surface area contributed by atoms with Gasteiger partial charge < -0.3 is 19.6 Å². The molecule has 0 bridgehead atoms. The van der Waals surface area contributed by atoms with Crippen molar-refractivity contribution in [1.82, 2.24) is 0 Å². The average Bonchev–Trinajstić information content (AvgIpc) is 2.87. The molecule has 2 saturated heterocycles. The Morgan fingerprint density at radius 3 is 2.44 bits per heavy atom. The van der Waals surface area contributed by atoms with Gasteiger partial charge in [-0.2, -0.15) is 0 Å². The lowest BCUT2D eigenvalue weighted by molar-refractivity contribution is 0.122. The lowest BCUT2D eigenvalue weighted by atomic mass is 10.2. The fourth-order valence-electron chi connectivity index (χ4n) is 2.68. The second kappa shape index (κ2) is 5.16. The maximum atomic E-state index is 9.61. The van der Waals surface area contributed by atoms with Crippen molar-refractivity contribution in [3.05, 3.63) is 24.3 Å². The van der Waals surface area contributed by atoms with E-state index in [0.717, 1.165) is 45.8 Å². The van der Waals surface area contributed by atoms with E-state index in [1.165, 1.54) is 11.4 Å². The zero-order chi connectivity index (χ0) is 12.4. The molecule has 4 nitrogen and oxygen atoms in total. The van der Waals surface area contributed by atoms with Crippen molar-refractivity contribution in [3.8, 4) is 0 Å². The minimum absolute atomic E-state index is 0.169. The predicted octanol–water partition coefficient (Wildman–Crippen LogP) is 1.09. The first kappa shape index (κ1) is 11.8. The molecule has 0 aromatic heterocycles. The van der Waals surface area contributed by atoms with Crippen LogP contribution in [0.1, 0.15) is 6.42 Å². The van der Waals surface area contributed by atoms with E-state index in [1.807, 2.05) is 0 Å². The van der Waals surface area contributed by atoms with Crippen LogP contribution >= 0.6 is 0 Å². The molecular weight excluding hydrogens is 228 g/mol. The van der Waals surface area contributed by atoms with Crippen LogP contribution < -0.4 is 9.80 Å². The highest BCUT2D eigenvalue weighted by atomic mass is 16.5. The van der Waals surface area contributed by atoms with Gasteiger partial charge in [-0.05, 0) is 24.6 Å². The van der Waals surface area contributed by atoms with Crippen molar-refractivity contribution in [3.63, 3.8) is 0 Å². The molecule has 2 heterocycles. The van der Waals surface area contributed by atoms with Crippen LogP contribution in [0.4, 0.5) is 11.4 Å². The normalized spacial score (nSPS) is 24.6. The molecule has 2 fully saturated rings. The van der Waals surface area contributed by atoms with Crippen molar-refractivity contribution in [2.45, 2.75) is 12.5 Å². The molecule has 1 atom stereocenters. The Balaban J connectivity index is 1.76. The molecule has 2 aliphatic heterocycles. The summed E-state index contributed by atoms with van der Waals surface area (Å²) in [6.45, 7) is 5.26. The van der Waals surface area contributed by atoms with E-state index in [9.17, 15) is 5.11 Å². The molecule has 3 rings (SSSR count). The third kappa shape index (κ3) is 2.44. The van der Waals surface area contributed by atoms with Crippen molar-refractivity contribution < 1.29 is 9.84 Å². The smallest absolute Gasteiger partial charge is 0.0731 e. The molecule has 1 aromatic rings. The Labute approximate surface area is 108 Å². The molecule has 0 amide bonds. The first-order chi connectivity index (χ1) is 8.83. The second-order valence-corrected chi connectivity index (χ2v) is 5.01.